The predicted octanol–water partition coefficient (Wildman–Crippen LogP) is 2.30. The van der Waals surface area contributed by atoms with Crippen molar-refractivity contribution < 1.29 is 4.74 Å². The number of hydrogen-bond donors (Lipinski definition) is 2. The lowest BCUT2D eigenvalue weighted by molar-refractivity contribution is 0.0992. The van der Waals surface area contributed by atoms with E-state index in [2.05, 4.69) is 59.4 Å². The van der Waals surface area contributed by atoms with Crippen molar-refractivity contribution in [3.05, 3.63) is 29.3 Å². The van der Waals surface area contributed by atoms with Gasteiger partial charge in [0.1, 0.15) is 0 Å². The van der Waals surface area contributed by atoms with Gasteiger partial charge in [0.05, 0.1) is 24.8 Å². The van der Waals surface area contributed by atoms with Crippen LogP contribution in [0.1, 0.15) is 37.3 Å². The molecule has 3 heterocycles. The molecule has 2 bridgehead atoms. The molecule has 0 aliphatic carbocycles. The summed E-state index contributed by atoms with van der Waals surface area (Å²) in [5.74, 6) is 0.947. The third-order valence-electron chi connectivity index (χ3n) is 6.75. The quantitative estimate of drug-likeness (QED) is 0.568. The molecule has 0 radical (unpaired) electrons. The molecular formula is C23H37N5O. The second kappa shape index (κ2) is 9.35. The van der Waals surface area contributed by atoms with Gasteiger partial charge in [-0.15, -0.1) is 0 Å². The lowest BCUT2D eigenvalue weighted by Gasteiger charge is -2.36. The van der Waals surface area contributed by atoms with Crippen LogP contribution in [-0.4, -0.2) is 74.9 Å². The first-order chi connectivity index (χ1) is 14.1. The Hall–Kier alpha value is -1.79. The molecule has 3 aliphatic rings. The zero-order valence-corrected chi connectivity index (χ0v) is 18.3. The van der Waals surface area contributed by atoms with Gasteiger partial charge >= 0.3 is 0 Å². The molecular weight excluding hydrogens is 362 g/mol. The summed E-state index contributed by atoms with van der Waals surface area (Å²) in [7, 11) is 0. The van der Waals surface area contributed by atoms with Gasteiger partial charge in [0, 0.05) is 45.0 Å². The van der Waals surface area contributed by atoms with Gasteiger partial charge in [-0.25, -0.2) is 0 Å². The van der Waals surface area contributed by atoms with Gasteiger partial charge in [0.15, 0.2) is 5.96 Å². The number of hydrogen-bond acceptors (Lipinski definition) is 4. The Kier molecular flexibility index (Phi) is 6.60. The van der Waals surface area contributed by atoms with Crippen molar-refractivity contribution >= 4 is 11.6 Å². The molecule has 3 saturated heterocycles. The molecule has 4 rings (SSSR count). The van der Waals surface area contributed by atoms with Gasteiger partial charge in [-0.1, -0.05) is 12.1 Å². The van der Waals surface area contributed by atoms with Gasteiger partial charge in [-0.3, -0.25) is 9.89 Å². The highest BCUT2D eigenvalue weighted by Gasteiger charge is 2.41. The molecule has 3 aliphatic heterocycles. The van der Waals surface area contributed by atoms with Crippen LogP contribution in [0.3, 0.4) is 0 Å². The Morgan fingerprint density at radius 3 is 2.69 bits per heavy atom. The maximum absolute atomic E-state index is 5.97. The van der Waals surface area contributed by atoms with E-state index in [0.29, 0.717) is 18.2 Å². The molecule has 6 heteroatoms. The highest BCUT2D eigenvalue weighted by molar-refractivity contribution is 5.80. The van der Waals surface area contributed by atoms with E-state index in [1.54, 1.807) is 0 Å². The number of fused-ring (bicyclic) bond motifs is 2. The second-order valence-electron chi connectivity index (χ2n) is 8.67. The fourth-order valence-corrected chi connectivity index (χ4v) is 4.88. The minimum Gasteiger partial charge on any atom is -0.373 e. The van der Waals surface area contributed by atoms with E-state index in [1.165, 1.54) is 29.7 Å². The molecule has 2 N–H and O–H groups in total. The van der Waals surface area contributed by atoms with Crippen LogP contribution in [0.15, 0.2) is 23.2 Å². The molecule has 6 nitrogen and oxygen atoms in total. The number of nitrogens with one attached hydrogen (secondary N) is 2. The number of nitrogens with zero attached hydrogens (tertiary/aromatic N) is 3. The number of guanidine groups is 1. The second-order valence-corrected chi connectivity index (χ2v) is 8.67. The van der Waals surface area contributed by atoms with Crippen molar-refractivity contribution in [1.29, 1.82) is 0 Å². The largest absolute Gasteiger partial charge is 0.373 e. The highest BCUT2D eigenvalue weighted by atomic mass is 16.5. The van der Waals surface area contributed by atoms with Gasteiger partial charge in [-0.2, -0.15) is 0 Å². The summed E-state index contributed by atoms with van der Waals surface area (Å²) >= 11 is 0. The summed E-state index contributed by atoms with van der Waals surface area (Å²) in [6, 6.07) is 7.06. The monoisotopic (exact) mass is 399 g/mol. The van der Waals surface area contributed by atoms with Crippen LogP contribution in [-0.2, 0) is 4.74 Å². The van der Waals surface area contributed by atoms with Gasteiger partial charge in [-0.05, 0) is 57.2 Å². The van der Waals surface area contributed by atoms with Crippen molar-refractivity contribution in [2.24, 2.45) is 4.99 Å². The molecule has 0 spiro atoms. The van der Waals surface area contributed by atoms with Crippen LogP contribution < -0.4 is 15.5 Å². The Morgan fingerprint density at radius 2 is 2.00 bits per heavy atom. The number of rotatable bonds is 6. The summed E-state index contributed by atoms with van der Waals surface area (Å²) in [5, 5.41) is 7.02. The van der Waals surface area contributed by atoms with Crippen molar-refractivity contribution in [3.8, 4) is 0 Å². The van der Waals surface area contributed by atoms with E-state index in [9.17, 15) is 0 Å². The van der Waals surface area contributed by atoms with E-state index in [1.807, 2.05) is 0 Å². The molecule has 3 unspecified atom stereocenters. The molecule has 0 amide bonds. The number of ether oxygens (including phenoxy) is 1. The van der Waals surface area contributed by atoms with Crippen LogP contribution in [0.25, 0.3) is 0 Å². The van der Waals surface area contributed by atoms with Crippen molar-refractivity contribution in [3.63, 3.8) is 0 Å². The van der Waals surface area contributed by atoms with Crippen LogP contribution in [0, 0.1) is 13.8 Å². The standard InChI is InChI=1S/C23H37N5O/c1-4-24-23(26-20-16-19-8-9-22(20)29-19)25-10-11-27-12-14-28(15-13-27)21-7-5-6-17(2)18(21)3/h5-7,19-20,22H,4,8-16H2,1-3H3,(H2,24,25,26). The third kappa shape index (κ3) is 4.86. The van der Waals surface area contributed by atoms with Crippen LogP contribution in [0.2, 0.25) is 0 Å². The minimum absolute atomic E-state index is 0.377. The van der Waals surface area contributed by atoms with Gasteiger partial charge in [0.25, 0.3) is 0 Å². The zero-order chi connectivity index (χ0) is 20.2. The van der Waals surface area contributed by atoms with Crippen molar-refractivity contribution in [2.75, 3.05) is 50.7 Å². The SMILES string of the molecule is CCNC(=NCCN1CCN(c2cccc(C)c2C)CC1)NC1CC2CCC1O2. The van der Waals surface area contributed by atoms with E-state index in [4.69, 9.17) is 9.73 Å². The van der Waals surface area contributed by atoms with E-state index < -0.39 is 0 Å². The normalized spacial score (nSPS) is 27.5. The first kappa shape index (κ1) is 20.5. The summed E-state index contributed by atoms with van der Waals surface area (Å²) < 4.78 is 5.97. The van der Waals surface area contributed by atoms with Crippen molar-refractivity contribution in [2.45, 2.75) is 58.3 Å². The Labute approximate surface area is 175 Å². The molecule has 3 fully saturated rings. The molecule has 3 atom stereocenters. The Morgan fingerprint density at radius 1 is 1.17 bits per heavy atom. The molecule has 1 aromatic carbocycles. The number of anilines is 1. The molecule has 0 saturated carbocycles. The Bertz CT molecular complexity index is 713. The summed E-state index contributed by atoms with van der Waals surface area (Å²) in [6.45, 7) is 13.7. The number of benzene rings is 1. The zero-order valence-electron chi connectivity index (χ0n) is 18.3. The first-order valence-electron chi connectivity index (χ1n) is 11.4. The number of aliphatic imine (C=N–C) groups is 1. The molecule has 160 valence electrons. The molecule has 0 aromatic heterocycles. The topological polar surface area (TPSA) is 52.1 Å². The third-order valence-corrected chi connectivity index (χ3v) is 6.75. The van der Waals surface area contributed by atoms with Crippen LogP contribution in [0.5, 0.6) is 0 Å². The summed E-state index contributed by atoms with van der Waals surface area (Å²) in [4.78, 5) is 9.91. The van der Waals surface area contributed by atoms with E-state index in [-0.39, 0.29) is 0 Å². The maximum atomic E-state index is 5.97. The average Bonchev–Trinajstić information content (AvgIpc) is 3.34. The summed E-state index contributed by atoms with van der Waals surface area (Å²) in [5.41, 5.74) is 4.19. The minimum atomic E-state index is 0.377. The van der Waals surface area contributed by atoms with Crippen molar-refractivity contribution in [1.82, 2.24) is 15.5 Å². The molecule has 1 aromatic rings. The predicted molar refractivity (Wildman–Crippen MR) is 120 cm³/mol. The van der Waals surface area contributed by atoms with Crippen LogP contribution in [0.4, 0.5) is 5.69 Å². The Balaban J connectivity index is 1.24. The smallest absolute Gasteiger partial charge is 0.191 e. The van der Waals surface area contributed by atoms with E-state index in [0.717, 1.165) is 58.2 Å². The first-order valence-corrected chi connectivity index (χ1v) is 11.4. The highest BCUT2D eigenvalue weighted by Crippen LogP contribution is 2.34. The fraction of sp³-hybridized carbons (Fsp3) is 0.696. The average molecular weight is 400 g/mol. The number of piperazine rings is 1. The number of aryl methyl sites for hydroxylation is 1. The van der Waals surface area contributed by atoms with Gasteiger partial charge < -0.3 is 20.3 Å². The lowest BCUT2D eigenvalue weighted by Crippen LogP contribution is -2.48. The maximum Gasteiger partial charge on any atom is 0.191 e. The summed E-state index contributed by atoms with van der Waals surface area (Å²) in [6.07, 6.45) is 4.38. The van der Waals surface area contributed by atoms with Gasteiger partial charge in [0.2, 0.25) is 0 Å². The van der Waals surface area contributed by atoms with E-state index >= 15 is 0 Å². The lowest BCUT2D eigenvalue weighted by atomic mass is 9.96. The molecule has 29 heavy (non-hydrogen) atoms. The fourth-order valence-electron chi connectivity index (χ4n) is 4.88. The van der Waals surface area contributed by atoms with Crippen LogP contribution >= 0.6 is 0 Å².